The molecular weight excluding hydrogens is 272 g/mol. The SMILES string of the molecule is CCOc1ccc2nc(Sc3cc(N)ccn3)[nH]c2c1. The largest absolute Gasteiger partial charge is 0.494 e. The number of nitrogen functional groups attached to an aromatic ring is 1. The lowest BCUT2D eigenvalue weighted by molar-refractivity contribution is 0.340. The van der Waals surface area contributed by atoms with Crippen LogP contribution in [0.1, 0.15) is 6.92 Å². The minimum absolute atomic E-state index is 0.647. The Bertz CT molecular complexity index is 741. The van der Waals surface area contributed by atoms with Crippen LogP contribution in [0.3, 0.4) is 0 Å². The summed E-state index contributed by atoms with van der Waals surface area (Å²) in [6.07, 6.45) is 1.69. The van der Waals surface area contributed by atoms with Crippen LogP contribution in [0.5, 0.6) is 5.75 Å². The number of anilines is 1. The van der Waals surface area contributed by atoms with Crippen LogP contribution in [0, 0.1) is 0 Å². The fourth-order valence-electron chi connectivity index (χ4n) is 1.85. The summed E-state index contributed by atoms with van der Waals surface area (Å²) in [5.74, 6) is 0.835. The van der Waals surface area contributed by atoms with Gasteiger partial charge in [-0.3, -0.25) is 0 Å². The first-order valence-electron chi connectivity index (χ1n) is 6.26. The first-order chi connectivity index (χ1) is 9.74. The third kappa shape index (κ3) is 2.70. The highest BCUT2D eigenvalue weighted by molar-refractivity contribution is 7.99. The number of imidazole rings is 1. The number of nitrogens with one attached hydrogen (secondary N) is 1. The molecule has 0 saturated carbocycles. The van der Waals surface area contributed by atoms with Gasteiger partial charge in [-0.25, -0.2) is 9.97 Å². The topological polar surface area (TPSA) is 76.8 Å². The molecule has 3 N–H and O–H groups in total. The smallest absolute Gasteiger partial charge is 0.172 e. The van der Waals surface area contributed by atoms with Gasteiger partial charge >= 0.3 is 0 Å². The number of hydrogen-bond donors (Lipinski definition) is 2. The number of nitrogens with two attached hydrogens (primary N) is 1. The Labute approximate surface area is 120 Å². The summed E-state index contributed by atoms with van der Waals surface area (Å²) in [7, 11) is 0. The molecule has 2 aromatic heterocycles. The van der Waals surface area contributed by atoms with Crippen LogP contribution < -0.4 is 10.5 Å². The number of fused-ring (bicyclic) bond motifs is 1. The Morgan fingerprint density at radius 2 is 2.20 bits per heavy atom. The highest BCUT2D eigenvalue weighted by Crippen LogP contribution is 2.28. The normalized spacial score (nSPS) is 10.8. The minimum atomic E-state index is 0.647. The molecule has 102 valence electrons. The summed E-state index contributed by atoms with van der Waals surface area (Å²) in [4.78, 5) is 12.0. The van der Waals surface area contributed by atoms with Gasteiger partial charge in [0.1, 0.15) is 10.8 Å². The number of hydrogen-bond acceptors (Lipinski definition) is 5. The molecule has 0 amide bonds. The number of aromatic nitrogens is 3. The van der Waals surface area contributed by atoms with Crippen molar-refractivity contribution < 1.29 is 4.74 Å². The molecule has 0 aliphatic rings. The zero-order chi connectivity index (χ0) is 13.9. The van der Waals surface area contributed by atoms with Gasteiger partial charge in [-0.2, -0.15) is 0 Å². The van der Waals surface area contributed by atoms with E-state index >= 15 is 0 Å². The van der Waals surface area contributed by atoms with Gasteiger partial charge in [0.2, 0.25) is 0 Å². The molecule has 0 unspecified atom stereocenters. The van der Waals surface area contributed by atoms with Gasteiger partial charge < -0.3 is 15.5 Å². The first-order valence-corrected chi connectivity index (χ1v) is 7.08. The molecule has 0 saturated heterocycles. The lowest BCUT2D eigenvalue weighted by Gasteiger charge is -2.00. The summed E-state index contributed by atoms with van der Waals surface area (Å²) in [6, 6.07) is 9.39. The van der Waals surface area contributed by atoms with Crippen LogP contribution in [-0.2, 0) is 0 Å². The van der Waals surface area contributed by atoms with Crippen LogP contribution in [-0.4, -0.2) is 21.6 Å². The summed E-state index contributed by atoms with van der Waals surface area (Å²) >= 11 is 1.45. The lowest BCUT2D eigenvalue weighted by atomic mass is 10.3. The fraction of sp³-hybridized carbons (Fsp3) is 0.143. The van der Waals surface area contributed by atoms with E-state index in [1.165, 1.54) is 11.8 Å². The molecular formula is C14H14N4OS. The van der Waals surface area contributed by atoms with Crippen LogP contribution >= 0.6 is 11.8 Å². The lowest BCUT2D eigenvalue weighted by Crippen LogP contribution is -1.90. The zero-order valence-electron chi connectivity index (χ0n) is 11.0. The van der Waals surface area contributed by atoms with Crippen LogP contribution in [0.25, 0.3) is 11.0 Å². The Balaban J connectivity index is 1.89. The predicted molar refractivity (Wildman–Crippen MR) is 80.0 cm³/mol. The van der Waals surface area contributed by atoms with Crippen molar-refractivity contribution >= 4 is 28.5 Å². The second-order valence-electron chi connectivity index (χ2n) is 4.18. The van der Waals surface area contributed by atoms with Crippen LogP contribution in [0.15, 0.2) is 46.7 Å². The monoisotopic (exact) mass is 286 g/mol. The van der Waals surface area contributed by atoms with Gasteiger partial charge in [-0.15, -0.1) is 0 Å². The second-order valence-corrected chi connectivity index (χ2v) is 5.19. The van der Waals surface area contributed by atoms with Gasteiger partial charge in [-0.05, 0) is 43.0 Å². The number of ether oxygens (including phenoxy) is 1. The van der Waals surface area contributed by atoms with Gasteiger partial charge in [-0.1, -0.05) is 0 Å². The molecule has 3 aromatic rings. The van der Waals surface area contributed by atoms with Gasteiger partial charge in [0, 0.05) is 18.0 Å². The molecule has 0 atom stereocenters. The van der Waals surface area contributed by atoms with Crippen molar-refractivity contribution in [3.05, 3.63) is 36.5 Å². The van der Waals surface area contributed by atoms with Gasteiger partial charge in [0.15, 0.2) is 5.16 Å². The van der Waals surface area contributed by atoms with E-state index in [9.17, 15) is 0 Å². The Kier molecular flexibility index (Phi) is 3.47. The summed E-state index contributed by atoms with van der Waals surface area (Å²) in [5.41, 5.74) is 8.28. The molecule has 0 spiro atoms. The molecule has 20 heavy (non-hydrogen) atoms. The number of aromatic amines is 1. The molecule has 0 bridgehead atoms. The fourth-order valence-corrected chi connectivity index (χ4v) is 2.66. The summed E-state index contributed by atoms with van der Waals surface area (Å²) < 4.78 is 5.47. The van der Waals surface area contributed by atoms with Crippen molar-refractivity contribution in [1.29, 1.82) is 0 Å². The number of nitrogens with zero attached hydrogens (tertiary/aromatic N) is 2. The number of H-pyrrole nitrogens is 1. The van der Waals surface area contributed by atoms with Crippen molar-refractivity contribution in [2.75, 3.05) is 12.3 Å². The highest BCUT2D eigenvalue weighted by atomic mass is 32.2. The van der Waals surface area contributed by atoms with E-state index in [-0.39, 0.29) is 0 Å². The maximum Gasteiger partial charge on any atom is 0.172 e. The molecule has 0 fully saturated rings. The molecule has 3 rings (SSSR count). The molecule has 0 aliphatic carbocycles. The average molecular weight is 286 g/mol. The zero-order valence-corrected chi connectivity index (χ0v) is 11.8. The standard InChI is InChI=1S/C14H14N4OS/c1-2-19-10-3-4-11-12(8-10)18-14(17-11)20-13-7-9(15)5-6-16-13/h3-8H,2H2,1H3,(H2,15,16)(H,17,18). The Morgan fingerprint density at radius 1 is 1.30 bits per heavy atom. The van der Waals surface area contributed by atoms with Crippen molar-refractivity contribution in [3.63, 3.8) is 0 Å². The van der Waals surface area contributed by atoms with Crippen LogP contribution in [0.2, 0.25) is 0 Å². The molecule has 5 nitrogen and oxygen atoms in total. The molecule has 2 heterocycles. The van der Waals surface area contributed by atoms with E-state index in [0.29, 0.717) is 12.3 Å². The van der Waals surface area contributed by atoms with E-state index < -0.39 is 0 Å². The van der Waals surface area contributed by atoms with E-state index in [2.05, 4.69) is 15.0 Å². The second kappa shape index (κ2) is 5.42. The average Bonchev–Trinajstić information content (AvgIpc) is 2.80. The number of pyridine rings is 1. The first kappa shape index (κ1) is 12.8. The van der Waals surface area contributed by atoms with Crippen LogP contribution in [0.4, 0.5) is 5.69 Å². The third-order valence-electron chi connectivity index (χ3n) is 2.70. The van der Waals surface area contributed by atoms with Crippen molar-refractivity contribution in [3.8, 4) is 5.75 Å². The minimum Gasteiger partial charge on any atom is -0.494 e. The Morgan fingerprint density at radius 3 is 3.00 bits per heavy atom. The Hall–Kier alpha value is -2.21. The number of benzene rings is 1. The van der Waals surface area contributed by atoms with E-state index in [0.717, 1.165) is 27.0 Å². The number of rotatable bonds is 4. The predicted octanol–water partition coefficient (Wildman–Crippen LogP) is 3.09. The molecule has 0 aliphatic heterocycles. The summed E-state index contributed by atoms with van der Waals surface area (Å²) in [6.45, 7) is 2.61. The van der Waals surface area contributed by atoms with Gasteiger partial charge in [0.05, 0.1) is 17.6 Å². The van der Waals surface area contributed by atoms with Crippen molar-refractivity contribution in [2.45, 2.75) is 17.1 Å². The van der Waals surface area contributed by atoms with Crippen molar-refractivity contribution in [2.24, 2.45) is 0 Å². The maximum atomic E-state index is 5.74. The maximum absolute atomic E-state index is 5.74. The van der Waals surface area contributed by atoms with Gasteiger partial charge in [0.25, 0.3) is 0 Å². The van der Waals surface area contributed by atoms with E-state index in [1.54, 1.807) is 12.3 Å². The molecule has 1 aromatic carbocycles. The highest BCUT2D eigenvalue weighted by Gasteiger charge is 2.07. The van der Waals surface area contributed by atoms with E-state index in [4.69, 9.17) is 10.5 Å². The van der Waals surface area contributed by atoms with Crippen molar-refractivity contribution in [1.82, 2.24) is 15.0 Å². The third-order valence-corrected chi connectivity index (χ3v) is 3.52. The summed E-state index contributed by atoms with van der Waals surface area (Å²) in [5, 5.41) is 1.60. The molecule has 0 radical (unpaired) electrons. The van der Waals surface area contributed by atoms with E-state index in [1.807, 2.05) is 31.2 Å². The molecule has 6 heteroatoms. The quantitative estimate of drug-likeness (QED) is 0.770.